The summed E-state index contributed by atoms with van der Waals surface area (Å²) in [6.45, 7) is 3.42. The molecule has 0 heterocycles. The van der Waals surface area contributed by atoms with Crippen LogP contribution in [0.3, 0.4) is 0 Å². The third kappa shape index (κ3) is 6.24. The molecule has 5 nitrogen and oxygen atoms in total. The standard InChI is InChI=1S/C18H25F3N4O/c1-2-22-17(25-15-5-3-4-6-15)24-12-11-23-16(26)13-7-9-14(10-8-13)18(19,20)21/h7-10,15H,2-6,11-12H2,1H3,(H,23,26)(H2,22,24,25). The van der Waals surface area contributed by atoms with Gasteiger partial charge in [0.25, 0.3) is 5.91 Å². The summed E-state index contributed by atoms with van der Waals surface area (Å²) in [4.78, 5) is 16.4. The number of benzene rings is 1. The molecule has 0 unspecified atom stereocenters. The molecule has 0 bridgehead atoms. The van der Waals surface area contributed by atoms with E-state index in [1.165, 1.54) is 25.0 Å². The van der Waals surface area contributed by atoms with Gasteiger partial charge in [0.1, 0.15) is 0 Å². The molecule has 0 saturated heterocycles. The van der Waals surface area contributed by atoms with Gasteiger partial charge >= 0.3 is 6.18 Å². The van der Waals surface area contributed by atoms with Crippen LogP contribution in [-0.4, -0.2) is 37.5 Å². The predicted octanol–water partition coefficient (Wildman–Crippen LogP) is 2.93. The first-order valence-corrected chi connectivity index (χ1v) is 8.90. The number of carbonyl (C=O) groups is 1. The lowest BCUT2D eigenvalue weighted by atomic mass is 10.1. The van der Waals surface area contributed by atoms with Crippen LogP contribution in [0.15, 0.2) is 29.3 Å². The Balaban J connectivity index is 1.80. The van der Waals surface area contributed by atoms with Crippen molar-refractivity contribution in [2.45, 2.75) is 44.8 Å². The highest BCUT2D eigenvalue weighted by atomic mass is 19.4. The highest BCUT2D eigenvalue weighted by molar-refractivity contribution is 5.94. The molecule has 3 N–H and O–H groups in total. The molecule has 1 aliphatic rings. The number of halogens is 3. The van der Waals surface area contributed by atoms with E-state index >= 15 is 0 Å². The minimum atomic E-state index is -4.40. The van der Waals surface area contributed by atoms with Gasteiger partial charge in [0.2, 0.25) is 0 Å². The van der Waals surface area contributed by atoms with Gasteiger partial charge in [-0.15, -0.1) is 0 Å². The normalized spacial score (nSPS) is 15.8. The molecule has 0 spiro atoms. The van der Waals surface area contributed by atoms with Crippen molar-refractivity contribution in [2.75, 3.05) is 19.6 Å². The van der Waals surface area contributed by atoms with Gasteiger partial charge in [0, 0.05) is 24.7 Å². The second-order valence-electron chi connectivity index (χ2n) is 6.22. The van der Waals surface area contributed by atoms with Gasteiger partial charge in [-0.3, -0.25) is 9.79 Å². The molecule has 0 aliphatic heterocycles. The number of amides is 1. The summed E-state index contributed by atoms with van der Waals surface area (Å²) >= 11 is 0. The third-order valence-electron chi connectivity index (χ3n) is 4.18. The fourth-order valence-corrected chi connectivity index (χ4v) is 2.83. The van der Waals surface area contributed by atoms with Gasteiger partial charge in [0.05, 0.1) is 12.1 Å². The maximum atomic E-state index is 12.5. The Morgan fingerprint density at radius 3 is 2.38 bits per heavy atom. The van der Waals surface area contributed by atoms with E-state index in [9.17, 15) is 18.0 Å². The number of carbonyl (C=O) groups excluding carboxylic acids is 1. The largest absolute Gasteiger partial charge is 0.416 e. The van der Waals surface area contributed by atoms with Gasteiger partial charge in [-0.05, 0) is 44.0 Å². The Labute approximate surface area is 151 Å². The zero-order chi connectivity index (χ0) is 19.0. The molecule has 1 aliphatic carbocycles. The summed E-state index contributed by atoms with van der Waals surface area (Å²) in [5.41, 5.74) is -0.579. The van der Waals surface area contributed by atoms with Crippen LogP contribution in [0.5, 0.6) is 0 Å². The minimum Gasteiger partial charge on any atom is -0.357 e. The lowest BCUT2D eigenvalue weighted by Gasteiger charge is -2.16. The lowest BCUT2D eigenvalue weighted by molar-refractivity contribution is -0.137. The molecule has 1 saturated carbocycles. The molecule has 8 heteroatoms. The van der Waals surface area contributed by atoms with Gasteiger partial charge in [-0.1, -0.05) is 12.8 Å². The predicted molar refractivity (Wildman–Crippen MR) is 95.1 cm³/mol. The maximum absolute atomic E-state index is 12.5. The Hall–Kier alpha value is -2.25. The SMILES string of the molecule is CCNC(=NCCNC(=O)c1ccc(C(F)(F)F)cc1)NC1CCCC1. The summed E-state index contributed by atoms with van der Waals surface area (Å²) in [6.07, 6.45) is 0.309. The van der Waals surface area contributed by atoms with E-state index in [1.807, 2.05) is 6.92 Å². The van der Waals surface area contributed by atoms with Crippen molar-refractivity contribution in [3.05, 3.63) is 35.4 Å². The molecular formula is C18H25F3N4O. The maximum Gasteiger partial charge on any atom is 0.416 e. The Morgan fingerprint density at radius 2 is 1.81 bits per heavy atom. The quantitative estimate of drug-likeness (QED) is 0.410. The second-order valence-corrected chi connectivity index (χ2v) is 6.22. The van der Waals surface area contributed by atoms with Crippen molar-refractivity contribution in [2.24, 2.45) is 4.99 Å². The van der Waals surface area contributed by atoms with Crippen molar-refractivity contribution in [3.8, 4) is 0 Å². The topological polar surface area (TPSA) is 65.5 Å². The fraction of sp³-hybridized carbons (Fsp3) is 0.556. The number of hydrogen-bond donors (Lipinski definition) is 3. The third-order valence-corrected chi connectivity index (χ3v) is 4.18. The molecule has 1 fully saturated rings. The first-order valence-electron chi connectivity index (χ1n) is 8.90. The highest BCUT2D eigenvalue weighted by Gasteiger charge is 2.30. The van der Waals surface area contributed by atoms with Crippen LogP contribution < -0.4 is 16.0 Å². The number of alkyl halides is 3. The first-order chi connectivity index (χ1) is 12.4. The van der Waals surface area contributed by atoms with Gasteiger partial charge in [-0.25, -0.2) is 0 Å². The average molecular weight is 370 g/mol. The Kier molecular flexibility index (Phi) is 7.29. The van der Waals surface area contributed by atoms with Crippen LogP contribution >= 0.6 is 0 Å². The fourth-order valence-electron chi connectivity index (χ4n) is 2.83. The zero-order valence-corrected chi connectivity index (χ0v) is 14.8. The number of guanidine groups is 1. The summed E-state index contributed by atoms with van der Waals surface area (Å²) in [7, 11) is 0. The van der Waals surface area contributed by atoms with Crippen LogP contribution in [-0.2, 0) is 6.18 Å². The smallest absolute Gasteiger partial charge is 0.357 e. The summed E-state index contributed by atoms with van der Waals surface area (Å²) in [5, 5.41) is 9.21. The van der Waals surface area contributed by atoms with Crippen LogP contribution in [0, 0.1) is 0 Å². The van der Waals surface area contributed by atoms with Gasteiger partial charge in [0.15, 0.2) is 5.96 Å². The number of rotatable bonds is 6. The van der Waals surface area contributed by atoms with Crippen molar-refractivity contribution in [1.29, 1.82) is 0 Å². The average Bonchev–Trinajstić information content (AvgIpc) is 3.11. The minimum absolute atomic E-state index is 0.193. The molecule has 1 aromatic rings. The van der Waals surface area contributed by atoms with E-state index in [-0.39, 0.29) is 5.56 Å². The summed E-state index contributed by atoms with van der Waals surface area (Å²) in [5.74, 6) is 0.311. The molecule has 0 aromatic heterocycles. The van der Waals surface area contributed by atoms with Crippen molar-refractivity contribution in [1.82, 2.24) is 16.0 Å². The van der Waals surface area contributed by atoms with E-state index in [1.54, 1.807) is 0 Å². The zero-order valence-electron chi connectivity index (χ0n) is 14.8. The van der Waals surface area contributed by atoms with Crippen molar-refractivity contribution in [3.63, 3.8) is 0 Å². The highest BCUT2D eigenvalue weighted by Crippen LogP contribution is 2.29. The molecule has 1 aromatic carbocycles. The van der Waals surface area contributed by atoms with Crippen LogP contribution in [0.2, 0.25) is 0 Å². The number of hydrogen-bond acceptors (Lipinski definition) is 2. The van der Waals surface area contributed by atoms with E-state index < -0.39 is 17.6 Å². The molecule has 2 rings (SSSR count). The van der Waals surface area contributed by atoms with Crippen LogP contribution in [0.4, 0.5) is 13.2 Å². The molecule has 0 radical (unpaired) electrons. The second kappa shape index (κ2) is 9.45. The van der Waals surface area contributed by atoms with E-state index in [0.29, 0.717) is 19.1 Å². The number of nitrogens with one attached hydrogen (secondary N) is 3. The first kappa shape index (κ1) is 20.1. The lowest BCUT2D eigenvalue weighted by Crippen LogP contribution is -2.42. The van der Waals surface area contributed by atoms with Crippen LogP contribution in [0.1, 0.15) is 48.5 Å². The van der Waals surface area contributed by atoms with E-state index in [4.69, 9.17) is 0 Å². The van der Waals surface area contributed by atoms with Crippen molar-refractivity contribution < 1.29 is 18.0 Å². The van der Waals surface area contributed by atoms with E-state index in [2.05, 4.69) is 20.9 Å². The Morgan fingerprint density at radius 1 is 1.15 bits per heavy atom. The monoisotopic (exact) mass is 370 g/mol. The molecule has 26 heavy (non-hydrogen) atoms. The number of nitrogens with zero attached hydrogens (tertiary/aromatic N) is 1. The number of aliphatic imine (C=N–C) groups is 1. The molecule has 0 atom stereocenters. The van der Waals surface area contributed by atoms with Gasteiger partial charge in [-0.2, -0.15) is 13.2 Å². The van der Waals surface area contributed by atoms with Crippen molar-refractivity contribution >= 4 is 11.9 Å². The molecule has 1 amide bonds. The summed E-state index contributed by atoms with van der Waals surface area (Å²) in [6, 6.07) is 4.60. The molecule has 144 valence electrons. The Bertz CT molecular complexity index is 608. The van der Waals surface area contributed by atoms with Gasteiger partial charge < -0.3 is 16.0 Å². The van der Waals surface area contributed by atoms with E-state index in [0.717, 1.165) is 37.5 Å². The van der Waals surface area contributed by atoms with Crippen LogP contribution in [0.25, 0.3) is 0 Å². The molecular weight excluding hydrogens is 345 g/mol. The summed E-state index contributed by atoms with van der Waals surface area (Å²) < 4.78 is 37.6.